The molecular formula is C21H18ClFN6O3. The third kappa shape index (κ3) is 4.27. The predicted molar refractivity (Wildman–Crippen MR) is 115 cm³/mol. The summed E-state index contributed by atoms with van der Waals surface area (Å²) in [5.74, 6) is 0.282. The molecule has 0 amide bonds. The molecule has 1 atom stereocenters. The maximum absolute atomic E-state index is 14.3. The van der Waals surface area contributed by atoms with Crippen molar-refractivity contribution < 1.29 is 14.4 Å². The second-order valence-corrected chi connectivity index (χ2v) is 7.61. The number of hydrogen-bond acceptors (Lipinski definition) is 7. The zero-order valence-corrected chi connectivity index (χ0v) is 17.7. The van der Waals surface area contributed by atoms with Gasteiger partial charge >= 0.3 is 0 Å². The molecule has 1 aromatic carbocycles. The number of benzene rings is 1. The first-order valence-electron chi connectivity index (χ1n) is 9.73. The van der Waals surface area contributed by atoms with Crippen LogP contribution >= 0.6 is 11.6 Å². The van der Waals surface area contributed by atoms with Crippen molar-refractivity contribution in [2.45, 2.75) is 25.4 Å². The van der Waals surface area contributed by atoms with E-state index in [9.17, 15) is 19.6 Å². The highest BCUT2D eigenvalue weighted by molar-refractivity contribution is 6.32. The molecule has 3 aromatic rings. The van der Waals surface area contributed by atoms with Crippen LogP contribution in [0.2, 0.25) is 0 Å². The summed E-state index contributed by atoms with van der Waals surface area (Å²) < 4.78 is 15.8. The Morgan fingerprint density at radius 3 is 2.88 bits per heavy atom. The number of aryl methyl sites for hydroxylation is 1. The van der Waals surface area contributed by atoms with Crippen molar-refractivity contribution in [2.75, 3.05) is 0 Å². The molecule has 1 N–H and O–H groups in total. The lowest BCUT2D eigenvalue weighted by molar-refractivity contribution is -0.385. The quantitative estimate of drug-likeness (QED) is 0.441. The summed E-state index contributed by atoms with van der Waals surface area (Å²) in [4.78, 5) is 23.7. The van der Waals surface area contributed by atoms with Crippen LogP contribution in [0.3, 0.4) is 0 Å². The summed E-state index contributed by atoms with van der Waals surface area (Å²) in [6.07, 6.45) is 5.27. The van der Waals surface area contributed by atoms with Gasteiger partial charge in [-0.15, -0.1) is 5.10 Å². The SMILES string of the molecule is Cn1nc(-c2cnccn2)nc1-c1ccc([N+](=O)[O-])c(CC(O)C2=C(F)CCC=C2Cl)c1. The topological polar surface area (TPSA) is 120 Å². The first kappa shape index (κ1) is 21.7. The molecule has 0 aliphatic heterocycles. The molecule has 2 heterocycles. The smallest absolute Gasteiger partial charge is 0.272 e. The third-order valence-electron chi connectivity index (χ3n) is 5.07. The van der Waals surface area contributed by atoms with Crippen LogP contribution in [0.4, 0.5) is 10.1 Å². The van der Waals surface area contributed by atoms with Crippen molar-refractivity contribution in [2.24, 2.45) is 7.05 Å². The minimum atomic E-state index is -1.33. The van der Waals surface area contributed by atoms with Crippen LogP contribution < -0.4 is 0 Å². The van der Waals surface area contributed by atoms with Crippen LogP contribution in [0.25, 0.3) is 22.9 Å². The summed E-state index contributed by atoms with van der Waals surface area (Å²) >= 11 is 6.09. The van der Waals surface area contributed by atoms with E-state index in [0.29, 0.717) is 29.3 Å². The van der Waals surface area contributed by atoms with E-state index >= 15 is 0 Å². The molecule has 0 radical (unpaired) electrons. The first-order chi connectivity index (χ1) is 15.3. The molecule has 1 unspecified atom stereocenters. The fourth-order valence-electron chi connectivity index (χ4n) is 3.58. The molecule has 32 heavy (non-hydrogen) atoms. The van der Waals surface area contributed by atoms with E-state index in [1.165, 1.54) is 29.3 Å². The molecule has 0 saturated heterocycles. The van der Waals surface area contributed by atoms with E-state index < -0.39 is 16.9 Å². The van der Waals surface area contributed by atoms with Gasteiger partial charge in [-0.05, 0) is 18.6 Å². The number of nitro groups is 1. The summed E-state index contributed by atoms with van der Waals surface area (Å²) in [5, 5.41) is 26.7. The second-order valence-electron chi connectivity index (χ2n) is 7.20. The van der Waals surface area contributed by atoms with Crippen LogP contribution in [0, 0.1) is 10.1 Å². The molecule has 0 bridgehead atoms. The maximum Gasteiger partial charge on any atom is 0.272 e. The van der Waals surface area contributed by atoms with Crippen molar-refractivity contribution in [1.82, 2.24) is 24.7 Å². The largest absolute Gasteiger partial charge is 0.388 e. The van der Waals surface area contributed by atoms with E-state index in [2.05, 4.69) is 20.1 Å². The zero-order valence-electron chi connectivity index (χ0n) is 16.9. The molecule has 1 aliphatic carbocycles. The van der Waals surface area contributed by atoms with E-state index in [1.807, 2.05) is 0 Å². The lowest BCUT2D eigenvalue weighted by atomic mass is 9.94. The van der Waals surface area contributed by atoms with E-state index in [0.717, 1.165) is 0 Å². The van der Waals surface area contributed by atoms with Crippen LogP contribution in [-0.2, 0) is 13.5 Å². The Labute approximate surface area is 187 Å². The van der Waals surface area contributed by atoms with E-state index in [-0.39, 0.29) is 34.7 Å². The van der Waals surface area contributed by atoms with Crippen molar-refractivity contribution >= 4 is 17.3 Å². The van der Waals surface area contributed by atoms with Gasteiger partial charge in [0.15, 0.2) is 5.82 Å². The lowest BCUT2D eigenvalue weighted by Gasteiger charge is -2.19. The summed E-state index contributed by atoms with van der Waals surface area (Å²) in [7, 11) is 1.69. The molecular weight excluding hydrogens is 439 g/mol. The van der Waals surface area contributed by atoms with Gasteiger partial charge in [0.05, 0.1) is 17.2 Å². The summed E-state index contributed by atoms with van der Waals surface area (Å²) in [6, 6.07) is 4.42. The predicted octanol–water partition coefficient (Wildman–Crippen LogP) is 3.89. The Kier molecular flexibility index (Phi) is 6.06. The van der Waals surface area contributed by atoms with Gasteiger partial charge in [0.1, 0.15) is 11.5 Å². The fraction of sp³-hybridized carbons (Fsp3) is 0.238. The van der Waals surface area contributed by atoms with Crippen molar-refractivity contribution in [1.29, 1.82) is 0 Å². The number of halogens is 2. The van der Waals surface area contributed by atoms with E-state index in [4.69, 9.17) is 11.6 Å². The van der Waals surface area contributed by atoms with Crippen LogP contribution in [0.15, 0.2) is 59.3 Å². The number of aliphatic hydroxyl groups is 1. The highest BCUT2D eigenvalue weighted by atomic mass is 35.5. The number of aliphatic hydroxyl groups excluding tert-OH is 1. The minimum Gasteiger partial charge on any atom is -0.388 e. The minimum absolute atomic E-state index is 0.0267. The Hall–Kier alpha value is -3.50. The summed E-state index contributed by atoms with van der Waals surface area (Å²) in [6.45, 7) is 0. The number of hydrogen-bond donors (Lipinski definition) is 1. The molecule has 2 aromatic heterocycles. The monoisotopic (exact) mass is 456 g/mol. The maximum atomic E-state index is 14.3. The van der Waals surface area contributed by atoms with Gasteiger partial charge in [-0.1, -0.05) is 17.7 Å². The molecule has 164 valence electrons. The molecule has 0 fully saturated rings. The molecule has 4 rings (SSSR count). The van der Waals surface area contributed by atoms with Crippen molar-refractivity contribution in [3.63, 3.8) is 0 Å². The number of nitro benzene ring substituents is 1. The normalized spacial score (nSPS) is 14.9. The molecule has 9 nitrogen and oxygen atoms in total. The van der Waals surface area contributed by atoms with Crippen LogP contribution in [0.5, 0.6) is 0 Å². The van der Waals surface area contributed by atoms with E-state index in [1.54, 1.807) is 25.3 Å². The van der Waals surface area contributed by atoms with Crippen molar-refractivity contribution in [3.8, 4) is 22.9 Å². The van der Waals surface area contributed by atoms with Gasteiger partial charge in [0.25, 0.3) is 5.69 Å². The Morgan fingerprint density at radius 2 is 2.19 bits per heavy atom. The summed E-state index contributed by atoms with van der Waals surface area (Å²) in [5.41, 5.74) is 1.03. The van der Waals surface area contributed by atoms with Crippen molar-refractivity contribution in [3.05, 3.63) is 75.0 Å². The number of aromatic nitrogens is 5. The van der Waals surface area contributed by atoms with Gasteiger partial charge < -0.3 is 5.11 Å². The highest BCUT2D eigenvalue weighted by Crippen LogP contribution is 2.34. The first-order valence-corrected chi connectivity index (χ1v) is 10.1. The average molecular weight is 457 g/mol. The fourth-order valence-corrected chi connectivity index (χ4v) is 3.91. The molecule has 11 heteroatoms. The van der Waals surface area contributed by atoms with Gasteiger partial charge in [0.2, 0.25) is 5.82 Å². The average Bonchev–Trinajstić information content (AvgIpc) is 3.15. The zero-order chi connectivity index (χ0) is 22.8. The molecule has 1 aliphatic rings. The Bertz CT molecular complexity index is 1240. The van der Waals surface area contributed by atoms with Gasteiger partial charge in [0, 0.05) is 60.1 Å². The number of allylic oxidation sites excluding steroid dienone is 2. The Balaban J connectivity index is 1.71. The van der Waals surface area contributed by atoms with Gasteiger partial charge in [-0.25, -0.2) is 19.0 Å². The number of nitrogens with zero attached hydrogens (tertiary/aromatic N) is 6. The molecule has 0 saturated carbocycles. The lowest BCUT2D eigenvalue weighted by Crippen LogP contribution is -2.18. The van der Waals surface area contributed by atoms with Crippen LogP contribution in [0.1, 0.15) is 18.4 Å². The standard InChI is InChI=1S/C21H18ClFN6O3/c1-28-21(26-20(27-28)16-11-24-7-8-25-16)12-5-6-17(29(31)32)13(9-12)10-18(30)19-14(22)3-2-4-15(19)23/h3,5-9,11,18,30H,2,4,10H2,1H3. The number of rotatable bonds is 6. The van der Waals surface area contributed by atoms with Gasteiger partial charge in [-0.3, -0.25) is 15.1 Å². The van der Waals surface area contributed by atoms with Crippen LogP contribution in [-0.4, -0.2) is 40.9 Å². The second kappa shape index (κ2) is 8.93. The Morgan fingerprint density at radius 1 is 1.38 bits per heavy atom. The third-order valence-corrected chi connectivity index (χ3v) is 5.43. The highest BCUT2D eigenvalue weighted by Gasteiger charge is 2.26. The molecule has 0 spiro atoms. The van der Waals surface area contributed by atoms with Gasteiger partial charge in [-0.2, -0.15) is 0 Å².